The number of rotatable bonds is 18. The molecule has 5 fully saturated rings. The van der Waals surface area contributed by atoms with Crippen molar-refractivity contribution < 1.29 is 149 Å². The first kappa shape index (κ1) is 55.8. The summed E-state index contributed by atoms with van der Waals surface area (Å²) in [4.78, 5) is 24.2. The molecule has 20 N–H and O–H groups in total. The third-order valence-corrected chi connectivity index (χ3v) is 11.9. The number of aliphatic carboxylic acids is 1. The number of carboxylic acid groups (broad SMARTS) is 1. The molecule has 0 aromatic rings. The lowest BCUT2D eigenvalue weighted by molar-refractivity contribution is -0.395. The van der Waals surface area contributed by atoms with Gasteiger partial charge >= 0.3 is 5.97 Å². The zero-order valence-electron chi connectivity index (χ0n) is 35.2. The largest absolute Gasteiger partial charge is 0.477 e. The molecule has 27 atom stereocenters. The topological polar surface area (TPSA) is 514 Å². The van der Waals surface area contributed by atoms with Gasteiger partial charge in [0.05, 0.1) is 39.1 Å². The third-order valence-electron chi connectivity index (χ3n) is 11.9. The van der Waals surface area contributed by atoms with Gasteiger partial charge in [-0.25, -0.2) is 4.79 Å². The molecule has 5 heterocycles. The Morgan fingerprint density at radius 3 is 1.45 bits per heavy atom. The zero-order chi connectivity index (χ0) is 50.0. The quantitative estimate of drug-likeness (QED) is 0.0606. The number of hydrogen-bond acceptors (Lipinski definition) is 29. The average Bonchev–Trinajstić information content (AvgIpc) is 3.29. The maximum atomic E-state index is 12.4. The molecule has 0 aromatic heterocycles. The Balaban J connectivity index is 1.43. The van der Waals surface area contributed by atoms with E-state index in [4.69, 9.17) is 42.6 Å². The van der Waals surface area contributed by atoms with E-state index >= 15 is 0 Å². The van der Waals surface area contributed by atoms with Crippen LogP contribution in [0.4, 0.5) is 0 Å². The van der Waals surface area contributed by atoms with Crippen molar-refractivity contribution in [3.05, 3.63) is 0 Å². The van der Waals surface area contributed by atoms with Crippen LogP contribution in [-0.4, -0.2) is 307 Å². The van der Waals surface area contributed by atoms with Gasteiger partial charge in [0.15, 0.2) is 25.2 Å². The number of carboxylic acids is 1. The minimum absolute atomic E-state index is 0.875. The smallest absolute Gasteiger partial charge is 0.364 e. The average molecular weight is 988 g/mol. The highest BCUT2D eigenvalue weighted by molar-refractivity contribution is 5.75. The predicted octanol–water partition coefficient (Wildman–Crippen LogP) is -13.2. The van der Waals surface area contributed by atoms with Crippen molar-refractivity contribution >= 4 is 11.9 Å². The van der Waals surface area contributed by atoms with E-state index in [1.54, 1.807) is 0 Å². The normalized spacial score (nSPS) is 47.7. The van der Waals surface area contributed by atoms with Crippen molar-refractivity contribution in [3.8, 4) is 0 Å². The lowest BCUT2D eigenvalue weighted by Gasteiger charge is -2.51. The summed E-state index contributed by atoms with van der Waals surface area (Å²) in [6.07, 6.45) is -52.5. The number of aliphatic hydroxyl groups is 18. The summed E-state index contributed by atoms with van der Waals surface area (Å²) >= 11 is 0. The Bertz CT molecular complexity index is 1590. The van der Waals surface area contributed by atoms with Crippen molar-refractivity contribution in [1.82, 2.24) is 5.32 Å². The van der Waals surface area contributed by atoms with Gasteiger partial charge in [-0.15, -0.1) is 0 Å². The van der Waals surface area contributed by atoms with E-state index < -0.39 is 217 Å². The van der Waals surface area contributed by atoms with Crippen LogP contribution in [0.3, 0.4) is 0 Å². The molecule has 0 saturated carbocycles. The second-order valence-electron chi connectivity index (χ2n) is 16.6. The van der Waals surface area contributed by atoms with Gasteiger partial charge in [0.1, 0.15) is 128 Å². The van der Waals surface area contributed by atoms with Crippen LogP contribution in [-0.2, 0) is 52.2 Å². The van der Waals surface area contributed by atoms with Crippen LogP contribution in [0.15, 0.2) is 0 Å². The molecule has 1 amide bonds. The van der Waals surface area contributed by atoms with Crippen molar-refractivity contribution in [1.29, 1.82) is 0 Å². The second kappa shape index (κ2) is 23.4. The standard InChI is InChI=1S/C36H61NO30/c1-8(43)37-15-17(49)28(64-32-19(51)18(50)16(48)13(6-41)59-32)14(7-42)60-31(15)65-29-20(52)24(10(45)3-38)62-34(22(29)54)66-30-21(53)25(11(46)4-39)61-33(23(30)55)63-26-9(44)2-36(58,35(56)57)67-27(26)12(47)5-40/h9-34,38-42,44-55,58H,2-7H2,1H3,(H,37,43)(H,56,57)/t9-,10+,11+,12-,13-,14-,15-,16-,17-,18+,19-,20-,21-,22+,23+,24-,25-,26-,27-,28+,29+,30+,31-,32-,33-,34-,36?/m1/s1. The van der Waals surface area contributed by atoms with E-state index in [2.05, 4.69) is 5.32 Å². The van der Waals surface area contributed by atoms with Gasteiger partial charge in [-0.1, -0.05) is 0 Å². The SMILES string of the molecule is CC(=O)N[C@H]1[C@@H](O[C@@H]2[C@H](O)[C@@H](O[C@@H]3[C@H](O)[C@@H](O[C@H]4[C@@H]([C@H](O)CO)OC(O)(C(=O)O)C[C@H]4O)O[C@H]([C@@H](O)CO)[C@H]3O)O[C@H]([C@@H](O)CO)[C@H]2O)O[C@H](CO)[C@H](O[C@H]2O[C@H](CO)[C@@H](O)[C@H](O)[C@H]2O)[C@@H]1O. The highest BCUT2D eigenvalue weighted by atomic mass is 16.8. The number of amides is 1. The molecule has 5 rings (SSSR count). The molecule has 31 heteroatoms. The molecular formula is C36H61NO30. The van der Waals surface area contributed by atoms with Gasteiger partial charge < -0.3 is 145 Å². The molecule has 5 aliphatic heterocycles. The summed E-state index contributed by atoms with van der Waals surface area (Å²) in [5, 5.41) is 203. The van der Waals surface area contributed by atoms with E-state index in [9.17, 15) is 107 Å². The van der Waals surface area contributed by atoms with E-state index in [1.165, 1.54) is 0 Å². The van der Waals surface area contributed by atoms with Crippen molar-refractivity contribution in [2.45, 2.75) is 179 Å². The number of carbonyl (C=O) groups is 2. The second-order valence-corrected chi connectivity index (χ2v) is 16.6. The Morgan fingerprint density at radius 1 is 0.552 bits per heavy atom. The fraction of sp³-hybridized carbons (Fsp3) is 0.944. The molecule has 0 aromatic carbocycles. The summed E-state index contributed by atoms with van der Waals surface area (Å²) in [6.45, 7) is -4.42. The number of carbonyl (C=O) groups excluding carboxylic acids is 1. The minimum Gasteiger partial charge on any atom is -0.477 e. The van der Waals surface area contributed by atoms with E-state index in [0.29, 0.717) is 0 Å². The molecule has 5 aliphatic rings. The van der Waals surface area contributed by atoms with Crippen LogP contribution in [0.1, 0.15) is 13.3 Å². The fourth-order valence-corrected chi connectivity index (χ4v) is 8.32. The van der Waals surface area contributed by atoms with Gasteiger partial charge in [-0.05, 0) is 0 Å². The Hall–Kier alpha value is -2.14. The summed E-state index contributed by atoms with van der Waals surface area (Å²) < 4.78 is 50.2. The van der Waals surface area contributed by atoms with E-state index in [1.807, 2.05) is 0 Å². The number of aliphatic hydroxyl groups excluding tert-OH is 17. The molecule has 0 spiro atoms. The maximum absolute atomic E-state index is 12.4. The lowest BCUT2D eigenvalue weighted by Crippen LogP contribution is -2.70. The number of nitrogens with one attached hydrogen (secondary N) is 1. The predicted molar refractivity (Wildman–Crippen MR) is 201 cm³/mol. The van der Waals surface area contributed by atoms with Crippen molar-refractivity contribution in [2.24, 2.45) is 0 Å². The van der Waals surface area contributed by atoms with Crippen LogP contribution in [0.25, 0.3) is 0 Å². The van der Waals surface area contributed by atoms with E-state index in [0.717, 1.165) is 6.92 Å². The Labute approximate surface area is 377 Å². The summed E-state index contributed by atoms with van der Waals surface area (Å²) in [7, 11) is 0. The molecule has 0 radical (unpaired) electrons. The molecule has 67 heavy (non-hydrogen) atoms. The monoisotopic (exact) mass is 987 g/mol. The van der Waals surface area contributed by atoms with Gasteiger partial charge in [-0.3, -0.25) is 4.79 Å². The van der Waals surface area contributed by atoms with Crippen LogP contribution in [0.5, 0.6) is 0 Å². The molecule has 31 nitrogen and oxygen atoms in total. The lowest BCUT2D eigenvalue weighted by atomic mass is 9.91. The first-order valence-corrected chi connectivity index (χ1v) is 20.8. The minimum atomic E-state index is -3.14. The molecule has 0 aliphatic carbocycles. The molecule has 5 saturated heterocycles. The van der Waals surface area contributed by atoms with Crippen molar-refractivity contribution in [3.63, 3.8) is 0 Å². The fourth-order valence-electron chi connectivity index (χ4n) is 8.32. The Kier molecular flexibility index (Phi) is 19.5. The highest BCUT2D eigenvalue weighted by Gasteiger charge is 2.59. The van der Waals surface area contributed by atoms with Gasteiger partial charge in [0.25, 0.3) is 5.79 Å². The summed E-state index contributed by atoms with van der Waals surface area (Å²) in [6, 6.07) is -1.81. The van der Waals surface area contributed by atoms with Gasteiger partial charge in [0, 0.05) is 13.3 Å². The Morgan fingerprint density at radius 2 is 0.985 bits per heavy atom. The van der Waals surface area contributed by atoms with Crippen LogP contribution >= 0.6 is 0 Å². The summed E-state index contributed by atoms with van der Waals surface area (Å²) in [5.74, 6) is -6.03. The highest BCUT2D eigenvalue weighted by Crippen LogP contribution is 2.38. The van der Waals surface area contributed by atoms with Crippen LogP contribution in [0, 0.1) is 0 Å². The first-order chi connectivity index (χ1) is 31.5. The van der Waals surface area contributed by atoms with Crippen molar-refractivity contribution in [2.75, 3.05) is 33.0 Å². The van der Waals surface area contributed by atoms with Gasteiger partial charge in [0.2, 0.25) is 5.91 Å². The van der Waals surface area contributed by atoms with E-state index in [-0.39, 0.29) is 0 Å². The maximum Gasteiger partial charge on any atom is 0.364 e. The molecule has 0 bridgehead atoms. The number of ether oxygens (including phenoxy) is 9. The summed E-state index contributed by atoms with van der Waals surface area (Å²) in [5.41, 5.74) is 0. The molecule has 1 unspecified atom stereocenters. The first-order valence-electron chi connectivity index (χ1n) is 20.8. The van der Waals surface area contributed by atoms with Crippen LogP contribution < -0.4 is 5.32 Å². The number of hydrogen-bond donors (Lipinski definition) is 20. The molecular weight excluding hydrogens is 926 g/mol. The molecule has 390 valence electrons. The van der Waals surface area contributed by atoms with Crippen LogP contribution in [0.2, 0.25) is 0 Å². The van der Waals surface area contributed by atoms with Gasteiger partial charge in [-0.2, -0.15) is 0 Å². The zero-order valence-corrected chi connectivity index (χ0v) is 35.2. The third kappa shape index (κ3) is 11.8.